The van der Waals surface area contributed by atoms with Crippen LogP contribution in [0.4, 0.5) is 0 Å². The molecular formula is C13H18O5S. The summed E-state index contributed by atoms with van der Waals surface area (Å²) in [6.45, 7) is 1.60. The number of rotatable bonds is 4. The van der Waals surface area contributed by atoms with Gasteiger partial charge in [-0.05, 0) is 25.8 Å². The molecule has 1 fully saturated rings. The van der Waals surface area contributed by atoms with Gasteiger partial charge in [0.1, 0.15) is 5.76 Å². The van der Waals surface area contributed by atoms with Crippen molar-refractivity contribution < 1.29 is 22.7 Å². The number of hydrogen-bond acceptors (Lipinski definition) is 4. The van der Waals surface area contributed by atoms with Crippen LogP contribution < -0.4 is 0 Å². The molecule has 1 saturated carbocycles. The third-order valence-electron chi connectivity index (χ3n) is 3.65. The number of aryl methyl sites for hydroxylation is 1. The zero-order valence-corrected chi connectivity index (χ0v) is 11.7. The predicted molar refractivity (Wildman–Crippen MR) is 69.9 cm³/mol. The summed E-state index contributed by atoms with van der Waals surface area (Å²) in [7, 11) is -3.22. The molecule has 0 saturated heterocycles. The number of aromatic carboxylic acids is 1. The molecule has 5 nitrogen and oxygen atoms in total. The van der Waals surface area contributed by atoms with Gasteiger partial charge in [0.15, 0.2) is 9.84 Å². The fraction of sp³-hybridized carbons (Fsp3) is 0.615. The summed E-state index contributed by atoms with van der Waals surface area (Å²) in [4.78, 5) is 10.8. The third kappa shape index (κ3) is 3.18. The molecule has 0 unspecified atom stereocenters. The fourth-order valence-corrected chi connectivity index (χ4v) is 4.53. The first-order valence-corrected chi connectivity index (χ1v) is 8.16. The number of carbonyl (C=O) groups is 1. The molecule has 1 heterocycles. The van der Waals surface area contributed by atoms with Crippen molar-refractivity contribution in [3.05, 3.63) is 23.2 Å². The third-order valence-corrected chi connectivity index (χ3v) is 5.85. The molecule has 2 rings (SSSR count). The number of carboxylic acid groups (broad SMARTS) is 1. The van der Waals surface area contributed by atoms with Crippen LogP contribution in [-0.2, 0) is 15.6 Å². The number of carboxylic acids is 1. The monoisotopic (exact) mass is 286 g/mol. The Balaban J connectivity index is 2.17. The van der Waals surface area contributed by atoms with Crippen LogP contribution in [0.25, 0.3) is 0 Å². The molecule has 19 heavy (non-hydrogen) atoms. The number of hydrogen-bond donors (Lipinski definition) is 1. The summed E-state index contributed by atoms with van der Waals surface area (Å²) in [5.74, 6) is -1.13. The Morgan fingerprint density at radius 1 is 1.37 bits per heavy atom. The largest absolute Gasteiger partial charge is 0.475 e. The quantitative estimate of drug-likeness (QED) is 0.919. The van der Waals surface area contributed by atoms with Gasteiger partial charge in [-0.1, -0.05) is 19.3 Å². The van der Waals surface area contributed by atoms with Crippen LogP contribution in [0.5, 0.6) is 0 Å². The van der Waals surface area contributed by atoms with Gasteiger partial charge in [0.05, 0.1) is 11.0 Å². The SMILES string of the molecule is Cc1oc(C(=O)O)cc1CS(=O)(=O)C1CCCCC1. The van der Waals surface area contributed by atoms with E-state index >= 15 is 0 Å². The number of furan rings is 1. The minimum absolute atomic E-state index is 0.125. The van der Waals surface area contributed by atoms with E-state index in [1.807, 2.05) is 0 Å². The maximum atomic E-state index is 12.3. The molecule has 1 aromatic heterocycles. The second-order valence-corrected chi connectivity index (χ2v) is 7.35. The van der Waals surface area contributed by atoms with Crippen molar-refractivity contribution in [1.29, 1.82) is 0 Å². The average Bonchev–Trinajstić information content (AvgIpc) is 2.72. The van der Waals surface area contributed by atoms with E-state index < -0.39 is 15.8 Å². The Bertz CT molecular complexity index is 564. The van der Waals surface area contributed by atoms with Gasteiger partial charge in [0.25, 0.3) is 0 Å². The van der Waals surface area contributed by atoms with Gasteiger partial charge in [0.2, 0.25) is 5.76 Å². The molecule has 1 aliphatic rings. The van der Waals surface area contributed by atoms with Gasteiger partial charge in [-0.15, -0.1) is 0 Å². The molecule has 0 amide bonds. The summed E-state index contributed by atoms with van der Waals surface area (Å²) in [5.41, 5.74) is 0.461. The fourth-order valence-electron chi connectivity index (χ4n) is 2.53. The maximum absolute atomic E-state index is 12.3. The van der Waals surface area contributed by atoms with Crippen LogP contribution in [0.3, 0.4) is 0 Å². The Hall–Kier alpha value is -1.30. The van der Waals surface area contributed by atoms with Gasteiger partial charge in [-0.25, -0.2) is 13.2 Å². The van der Waals surface area contributed by atoms with E-state index in [0.29, 0.717) is 24.2 Å². The van der Waals surface area contributed by atoms with Gasteiger partial charge < -0.3 is 9.52 Å². The van der Waals surface area contributed by atoms with E-state index in [2.05, 4.69) is 0 Å². The average molecular weight is 286 g/mol. The Kier molecular flexibility index (Phi) is 3.99. The van der Waals surface area contributed by atoms with Crippen molar-refractivity contribution >= 4 is 15.8 Å². The van der Waals surface area contributed by atoms with Crippen LogP contribution in [-0.4, -0.2) is 24.7 Å². The molecule has 0 bridgehead atoms. The molecule has 0 radical (unpaired) electrons. The lowest BCUT2D eigenvalue weighted by Crippen LogP contribution is -2.25. The second-order valence-electron chi connectivity index (χ2n) is 5.06. The van der Waals surface area contributed by atoms with E-state index in [1.165, 1.54) is 6.07 Å². The van der Waals surface area contributed by atoms with E-state index in [-0.39, 0.29) is 16.8 Å². The van der Waals surface area contributed by atoms with Crippen LogP contribution in [0.1, 0.15) is 54.0 Å². The summed E-state index contributed by atoms with van der Waals surface area (Å²) >= 11 is 0. The van der Waals surface area contributed by atoms with Crippen molar-refractivity contribution in [2.24, 2.45) is 0 Å². The molecule has 1 aliphatic carbocycles. The van der Waals surface area contributed by atoms with E-state index in [4.69, 9.17) is 9.52 Å². The van der Waals surface area contributed by atoms with Gasteiger partial charge in [-0.3, -0.25) is 0 Å². The zero-order valence-electron chi connectivity index (χ0n) is 10.9. The minimum Gasteiger partial charge on any atom is -0.475 e. The molecule has 0 spiro atoms. The minimum atomic E-state index is -3.22. The van der Waals surface area contributed by atoms with Gasteiger partial charge >= 0.3 is 5.97 Å². The molecule has 106 valence electrons. The van der Waals surface area contributed by atoms with Crippen molar-refractivity contribution in [3.8, 4) is 0 Å². The van der Waals surface area contributed by atoms with Gasteiger partial charge in [0, 0.05) is 5.56 Å². The molecular weight excluding hydrogens is 268 g/mol. The molecule has 0 atom stereocenters. The first-order chi connectivity index (χ1) is 8.90. The highest BCUT2D eigenvalue weighted by Gasteiger charge is 2.29. The van der Waals surface area contributed by atoms with Crippen LogP contribution in [0.15, 0.2) is 10.5 Å². The topological polar surface area (TPSA) is 84.6 Å². The summed E-state index contributed by atoms with van der Waals surface area (Å²) < 4.78 is 29.6. The highest BCUT2D eigenvalue weighted by atomic mass is 32.2. The maximum Gasteiger partial charge on any atom is 0.371 e. The highest BCUT2D eigenvalue weighted by molar-refractivity contribution is 7.91. The zero-order chi connectivity index (χ0) is 14.0. The van der Waals surface area contributed by atoms with Gasteiger partial charge in [-0.2, -0.15) is 0 Å². The molecule has 6 heteroatoms. The lowest BCUT2D eigenvalue weighted by atomic mass is 10.0. The molecule has 0 aromatic carbocycles. The van der Waals surface area contributed by atoms with E-state index in [1.54, 1.807) is 6.92 Å². The second kappa shape index (κ2) is 5.36. The van der Waals surface area contributed by atoms with E-state index in [9.17, 15) is 13.2 Å². The summed E-state index contributed by atoms with van der Waals surface area (Å²) in [6, 6.07) is 1.32. The summed E-state index contributed by atoms with van der Waals surface area (Å²) in [5, 5.41) is 8.54. The van der Waals surface area contributed by atoms with Crippen LogP contribution >= 0.6 is 0 Å². The summed E-state index contributed by atoms with van der Waals surface area (Å²) in [6.07, 6.45) is 4.43. The first-order valence-electron chi connectivity index (χ1n) is 6.44. The van der Waals surface area contributed by atoms with Crippen molar-refractivity contribution in [3.63, 3.8) is 0 Å². The first kappa shape index (κ1) is 14.1. The van der Waals surface area contributed by atoms with Crippen LogP contribution in [0, 0.1) is 6.92 Å². The number of sulfone groups is 1. The lowest BCUT2D eigenvalue weighted by Gasteiger charge is -2.21. The Morgan fingerprint density at radius 2 is 2.00 bits per heavy atom. The smallest absolute Gasteiger partial charge is 0.371 e. The molecule has 1 N–H and O–H groups in total. The predicted octanol–water partition coefficient (Wildman–Crippen LogP) is 2.53. The molecule has 1 aromatic rings. The van der Waals surface area contributed by atoms with Crippen molar-refractivity contribution in [2.45, 2.75) is 50.0 Å². The van der Waals surface area contributed by atoms with Crippen molar-refractivity contribution in [2.75, 3.05) is 0 Å². The van der Waals surface area contributed by atoms with E-state index in [0.717, 1.165) is 19.3 Å². The van der Waals surface area contributed by atoms with Crippen LogP contribution in [0.2, 0.25) is 0 Å². The normalized spacial score (nSPS) is 17.5. The Labute approximate surface area is 112 Å². The van der Waals surface area contributed by atoms with Crippen molar-refractivity contribution in [1.82, 2.24) is 0 Å². The Morgan fingerprint density at radius 3 is 2.53 bits per heavy atom. The molecule has 0 aliphatic heterocycles. The highest BCUT2D eigenvalue weighted by Crippen LogP contribution is 2.27. The standard InChI is InChI=1S/C13H18O5S/c1-9-10(7-12(18-9)13(14)15)8-19(16,17)11-5-3-2-4-6-11/h7,11H,2-6,8H2,1H3,(H,14,15). The lowest BCUT2D eigenvalue weighted by molar-refractivity contribution is 0.0661.